The van der Waals surface area contributed by atoms with Gasteiger partial charge in [0.1, 0.15) is 10.6 Å². The van der Waals surface area contributed by atoms with Gasteiger partial charge in [-0.2, -0.15) is 0 Å². The summed E-state index contributed by atoms with van der Waals surface area (Å²) >= 11 is 7.01. The van der Waals surface area contributed by atoms with Crippen LogP contribution >= 0.6 is 31.9 Å². The number of carbonyl (C=O) groups is 1. The van der Waals surface area contributed by atoms with Gasteiger partial charge in [0.15, 0.2) is 0 Å². The van der Waals surface area contributed by atoms with Crippen LogP contribution in [0.4, 0.5) is 5.69 Å². The lowest BCUT2D eigenvalue weighted by atomic mass is 10.1. The van der Waals surface area contributed by atoms with Crippen LogP contribution in [0.5, 0.6) is 5.75 Å². The van der Waals surface area contributed by atoms with Crippen molar-refractivity contribution in [2.75, 3.05) is 12.4 Å². The van der Waals surface area contributed by atoms with Crippen molar-refractivity contribution >= 4 is 43.5 Å². The maximum Gasteiger partial charge on any atom is 0.239 e. The number of carbonyl (C=O) groups excluding carboxylic acids is 1. The number of methoxy groups -OCH3 is 1. The normalized spacial score (nSPS) is 13.3. The molecule has 1 N–H and O–H groups in total. The molecule has 0 fully saturated rings. The molecule has 0 aliphatic carbocycles. The lowest BCUT2D eigenvalue weighted by Crippen LogP contribution is -2.26. The minimum Gasteiger partial charge on any atom is -0.497 e. The van der Waals surface area contributed by atoms with Crippen LogP contribution in [0.25, 0.3) is 0 Å². The summed E-state index contributed by atoms with van der Waals surface area (Å²) in [6.45, 7) is 0. The Morgan fingerprint density at radius 2 is 1.67 bits per heavy atom. The van der Waals surface area contributed by atoms with E-state index in [0.717, 1.165) is 17.0 Å². The fourth-order valence-electron chi connectivity index (χ4n) is 1.82. The molecule has 0 saturated carbocycles. The van der Waals surface area contributed by atoms with Crippen LogP contribution in [0.15, 0.2) is 54.6 Å². The highest BCUT2D eigenvalue weighted by Gasteiger charge is 2.24. The second kappa shape index (κ2) is 7.61. The van der Waals surface area contributed by atoms with E-state index in [0.29, 0.717) is 0 Å². The van der Waals surface area contributed by atoms with Crippen molar-refractivity contribution in [2.24, 2.45) is 0 Å². The van der Waals surface area contributed by atoms with Crippen molar-refractivity contribution in [3.05, 3.63) is 60.2 Å². The Bertz CT molecular complexity index is 587. The van der Waals surface area contributed by atoms with Gasteiger partial charge in [0, 0.05) is 5.69 Å². The molecule has 2 aromatic rings. The van der Waals surface area contributed by atoms with E-state index in [-0.39, 0.29) is 15.6 Å². The number of hydrogen-bond acceptors (Lipinski definition) is 2. The molecule has 2 rings (SSSR count). The summed E-state index contributed by atoms with van der Waals surface area (Å²) in [5.41, 5.74) is 1.78. The number of anilines is 1. The van der Waals surface area contributed by atoms with Crippen molar-refractivity contribution in [3.63, 3.8) is 0 Å². The molecule has 2 unspecified atom stereocenters. The first-order chi connectivity index (χ1) is 10.1. The monoisotopic (exact) mass is 411 g/mol. The number of rotatable bonds is 5. The largest absolute Gasteiger partial charge is 0.497 e. The molecule has 0 spiro atoms. The van der Waals surface area contributed by atoms with Crippen LogP contribution in [0.1, 0.15) is 10.4 Å². The topological polar surface area (TPSA) is 38.3 Å². The summed E-state index contributed by atoms with van der Waals surface area (Å²) in [6, 6.07) is 17.0. The zero-order chi connectivity index (χ0) is 15.2. The van der Waals surface area contributed by atoms with E-state index in [9.17, 15) is 4.79 Å². The van der Waals surface area contributed by atoms with Gasteiger partial charge in [-0.1, -0.05) is 62.2 Å². The maximum absolute atomic E-state index is 12.3. The molecular formula is C16H15Br2NO2. The average Bonchev–Trinajstić information content (AvgIpc) is 2.55. The predicted octanol–water partition coefficient (Wildman–Crippen LogP) is 4.53. The molecule has 1 amide bonds. The molecule has 0 saturated heterocycles. The molecule has 0 aliphatic heterocycles. The van der Waals surface area contributed by atoms with Crippen molar-refractivity contribution in [1.29, 1.82) is 0 Å². The standard InChI is InChI=1S/C16H15Br2NO2/c1-21-13-9-7-12(8-10-13)19-16(20)15(18)14(17)11-5-3-2-4-6-11/h2-10,14-15H,1H3,(H,19,20). The number of benzene rings is 2. The Morgan fingerprint density at radius 3 is 2.24 bits per heavy atom. The van der Waals surface area contributed by atoms with Gasteiger partial charge >= 0.3 is 0 Å². The van der Waals surface area contributed by atoms with Crippen LogP contribution in [0.3, 0.4) is 0 Å². The van der Waals surface area contributed by atoms with Crippen molar-refractivity contribution in [1.82, 2.24) is 0 Å². The van der Waals surface area contributed by atoms with E-state index >= 15 is 0 Å². The Hall–Kier alpha value is -1.33. The zero-order valence-corrected chi connectivity index (χ0v) is 14.6. The number of hydrogen-bond donors (Lipinski definition) is 1. The summed E-state index contributed by atoms with van der Waals surface area (Å²) in [4.78, 5) is 11.8. The smallest absolute Gasteiger partial charge is 0.239 e. The highest BCUT2D eigenvalue weighted by Crippen LogP contribution is 2.31. The molecular weight excluding hydrogens is 398 g/mol. The van der Waals surface area contributed by atoms with Crippen LogP contribution in [0.2, 0.25) is 0 Å². The first-order valence-corrected chi connectivity index (χ1v) is 8.23. The lowest BCUT2D eigenvalue weighted by molar-refractivity contribution is -0.115. The highest BCUT2D eigenvalue weighted by molar-refractivity contribution is 9.12. The van der Waals surface area contributed by atoms with Gasteiger partial charge in [0.2, 0.25) is 5.91 Å². The first-order valence-electron chi connectivity index (χ1n) is 6.40. The van der Waals surface area contributed by atoms with Crippen LogP contribution in [-0.2, 0) is 4.79 Å². The van der Waals surface area contributed by atoms with Crippen LogP contribution < -0.4 is 10.1 Å². The zero-order valence-electron chi connectivity index (χ0n) is 11.4. The highest BCUT2D eigenvalue weighted by atomic mass is 79.9. The minimum absolute atomic E-state index is 0.100. The Labute approximate surface area is 141 Å². The third-order valence-electron chi connectivity index (χ3n) is 2.98. The fourth-order valence-corrected chi connectivity index (χ4v) is 2.79. The van der Waals surface area contributed by atoms with Crippen molar-refractivity contribution in [3.8, 4) is 5.75 Å². The van der Waals surface area contributed by atoms with Gasteiger partial charge in [-0.15, -0.1) is 0 Å². The lowest BCUT2D eigenvalue weighted by Gasteiger charge is -2.17. The third kappa shape index (κ3) is 4.32. The summed E-state index contributed by atoms with van der Waals surface area (Å²) < 4.78 is 5.09. The van der Waals surface area contributed by atoms with E-state index in [2.05, 4.69) is 37.2 Å². The van der Waals surface area contributed by atoms with E-state index in [1.165, 1.54) is 0 Å². The van der Waals surface area contributed by atoms with E-state index in [1.54, 1.807) is 7.11 Å². The van der Waals surface area contributed by atoms with E-state index < -0.39 is 0 Å². The van der Waals surface area contributed by atoms with Crippen LogP contribution in [-0.4, -0.2) is 17.8 Å². The van der Waals surface area contributed by atoms with Crippen molar-refractivity contribution in [2.45, 2.75) is 9.65 Å². The minimum atomic E-state index is -0.373. The van der Waals surface area contributed by atoms with Gasteiger partial charge in [-0.05, 0) is 29.8 Å². The Balaban J connectivity index is 2.01. The quantitative estimate of drug-likeness (QED) is 0.732. The molecule has 3 nitrogen and oxygen atoms in total. The molecule has 0 radical (unpaired) electrons. The summed E-state index contributed by atoms with van der Waals surface area (Å²) in [5, 5.41) is 2.87. The van der Waals surface area contributed by atoms with Gasteiger partial charge in [0.05, 0.1) is 11.9 Å². The number of amides is 1. The SMILES string of the molecule is COc1ccc(NC(=O)C(Br)C(Br)c2ccccc2)cc1. The summed E-state index contributed by atoms with van der Waals surface area (Å²) in [5.74, 6) is 0.650. The maximum atomic E-state index is 12.3. The first kappa shape index (κ1) is 16.0. The Kier molecular flexibility index (Phi) is 5.82. The molecule has 2 atom stereocenters. The van der Waals surface area contributed by atoms with Crippen molar-refractivity contribution < 1.29 is 9.53 Å². The van der Waals surface area contributed by atoms with Crippen LogP contribution in [0, 0.1) is 0 Å². The molecule has 0 aliphatic rings. The predicted molar refractivity (Wildman–Crippen MR) is 92.4 cm³/mol. The number of alkyl halides is 2. The summed E-state index contributed by atoms with van der Waals surface area (Å²) in [7, 11) is 1.61. The number of nitrogens with one attached hydrogen (secondary N) is 1. The molecule has 0 bridgehead atoms. The molecule has 0 heterocycles. The molecule has 2 aromatic carbocycles. The third-order valence-corrected chi connectivity index (χ3v) is 5.69. The Morgan fingerprint density at radius 1 is 1.05 bits per heavy atom. The second-order valence-electron chi connectivity index (χ2n) is 4.43. The number of ether oxygens (including phenoxy) is 1. The summed E-state index contributed by atoms with van der Waals surface area (Å²) in [6.07, 6.45) is 0. The molecule has 0 aromatic heterocycles. The second-order valence-corrected chi connectivity index (χ2v) is 6.40. The molecule has 5 heteroatoms. The van der Waals surface area contributed by atoms with Gasteiger partial charge in [-0.25, -0.2) is 0 Å². The molecule has 110 valence electrons. The average molecular weight is 413 g/mol. The fraction of sp³-hybridized carbons (Fsp3) is 0.188. The van der Waals surface area contributed by atoms with Gasteiger partial charge < -0.3 is 10.1 Å². The van der Waals surface area contributed by atoms with Gasteiger partial charge in [-0.3, -0.25) is 4.79 Å². The van der Waals surface area contributed by atoms with Gasteiger partial charge in [0.25, 0.3) is 0 Å². The molecule has 21 heavy (non-hydrogen) atoms. The number of halogens is 2. The van der Waals surface area contributed by atoms with E-state index in [1.807, 2.05) is 54.6 Å². The van der Waals surface area contributed by atoms with E-state index in [4.69, 9.17) is 4.74 Å².